The van der Waals surface area contributed by atoms with E-state index in [1.807, 2.05) is 31.2 Å². The summed E-state index contributed by atoms with van der Waals surface area (Å²) in [5.41, 5.74) is 1.80. The highest BCUT2D eigenvalue weighted by molar-refractivity contribution is 7.88. The highest BCUT2D eigenvalue weighted by atomic mass is 32.2. The van der Waals surface area contributed by atoms with Gasteiger partial charge in [-0.25, -0.2) is 13.1 Å². The Morgan fingerprint density at radius 1 is 1.36 bits per heavy atom. The fourth-order valence-corrected chi connectivity index (χ4v) is 2.60. The number of rotatable bonds is 8. The number of hydrogen-bond donors (Lipinski definition) is 2. The van der Waals surface area contributed by atoms with Crippen molar-refractivity contribution < 1.29 is 13.2 Å². The minimum atomic E-state index is -3.42. The predicted octanol–water partition coefficient (Wildman–Crippen LogP) is -1.25. The highest BCUT2D eigenvalue weighted by Gasteiger charge is 2.20. The fraction of sp³-hybridized carbons (Fsp3) is 0.462. The normalized spacial score (nSPS) is 14.1. The van der Waals surface area contributed by atoms with Gasteiger partial charge in [0.1, 0.15) is 0 Å². The molecule has 0 bridgehead atoms. The van der Waals surface area contributed by atoms with Crippen LogP contribution >= 0.6 is 0 Å². The summed E-state index contributed by atoms with van der Waals surface area (Å²) in [6.07, 6.45) is 1.69. The van der Waals surface area contributed by atoms with Crippen LogP contribution in [0.4, 0.5) is 0 Å². The van der Waals surface area contributed by atoms with Crippen molar-refractivity contribution in [3.05, 3.63) is 29.8 Å². The van der Waals surface area contributed by atoms with Gasteiger partial charge >= 0.3 is 0 Å². The second-order valence-electron chi connectivity index (χ2n) is 5.00. The molecule has 2 atom stereocenters. The molecule has 0 aromatic heterocycles. The van der Waals surface area contributed by atoms with Gasteiger partial charge in [0.15, 0.2) is 0 Å². The Morgan fingerprint density at radius 2 is 2.00 bits per heavy atom. The Bertz CT molecular complexity index is 610. The van der Waals surface area contributed by atoms with Crippen LogP contribution in [0.25, 0.3) is 0 Å². The molecule has 1 amide bonds. The summed E-state index contributed by atoms with van der Waals surface area (Å²) in [5.74, 6) is -1.25. The number of carbonyl (C=O) groups is 1. The summed E-state index contributed by atoms with van der Waals surface area (Å²) < 4.78 is 24.1. The Kier molecular flexibility index (Phi) is 7.22. The molecule has 0 saturated carbocycles. The fourth-order valence-electron chi connectivity index (χ4n) is 2.20. The van der Waals surface area contributed by atoms with Crippen molar-refractivity contribution in [1.29, 1.82) is 0 Å². The van der Waals surface area contributed by atoms with E-state index < -0.39 is 21.9 Å². The van der Waals surface area contributed by atoms with Gasteiger partial charge in [0.2, 0.25) is 15.9 Å². The lowest BCUT2D eigenvalue weighted by atomic mass is 9.49. The zero-order valence-electron chi connectivity index (χ0n) is 12.7. The first-order valence-corrected chi connectivity index (χ1v) is 8.81. The van der Waals surface area contributed by atoms with Crippen molar-refractivity contribution in [3.63, 3.8) is 0 Å². The monoisotopic (exact) mass is 315 g/mol. The standard InChI is InChI=1S/C13H18B3N2O3S/c1-3-9(10-6-4-5-7-11(10)16-15)13(14)18-12(19)8-17-22(2,20)21/h4-7,9,13,17H,3,8H2,1-2H3,(H,18,19). The Morgan fingerprint density at radius 3 is 2.55 bits per heavy atom. The van der Waals surface area contributed by atoms with E-state index in [0.29, 0.717) is 6.42 Å². The molecule has 5 radical (unpaired) electrons. The van der Waals surface area contributed by atoms with Gasteiger partial charge in [-0.05, 0) is 18.3 Å². The van der Waals surface area contributed by atoms with Crippen LogP contribution in [0.2, 0.25) is 0 Å². The number of benzene rings is 1. The lowest BCUT2D eigenvalue weighted by Gasteiger charge is -2.27. The number of amides is 1. The first-order chi connectivity index (χ1) is 10.3. The zero-order valence-corrected chi connectivity index (χ0v) is 13.6. The lowest BCUT2D eigenvalue weighted by molar-refractivity contribution is -0.120. The minimum absolute atomic E-state index is 0.127. The largest absolute Gasteiger partial charge is 0.360 e. The molecule has 9 heteroatoms. The maximum absolute atomic E-state index is 11.8. The summed E-state index contributed by atoms with van der Waals surface area (Å²) in [5, 5.41) is 2.61. The van der Waals surface area contributed by atoms with E-state index in [2.05, 4.69) is 10.0 Å². The third-order valence-electron chi connectivity index (χ3n) is 3.27. The number of sulfonamides is 1. The van der Waals surface area contributed by atoms with Gasteiger partial charge < -0.3 is 5.32 Å². The Labute approximate surface area is 135 Å². The molecule has 0 spiro atoms. The zero-order chi connectivity index (χ0) is 16.8. The first-order valence-electron chi connectivity index (χ1n) is 6.92. The van der Waals surface area contributed by atoms with Gasteiger partial charge in [-0.15, -0.1) is 0 Å². The summed E-state index contributed by atoms with van der Waals surface area (Å²) >= 11 is 0. The first kappa shape index (κ1) is 18.8. The predicted molar refractivity (Wildman–Crippen MR) is 91.1 cm³/mol. The van der Waals surface area contributed by atoms with Gasteiger partial charge in [-0.2, -0.15) is 0 Å². The molecule has 1 aromatic rings. The van der Waals surface area contributed by atoms with Crippen LogP contribution in [-0.4, -0.2) is 55.8 Å². The average Bonchev–Trinajstić information content (AvgIpc) is 2.45. The van der Waals surface area contributed by atoms with Crippen LogP contribution < -0.4 is 15.5 Å². The molecule has 0 aliphatic carbocycles. The number of hydrogen-bond acceptors (Lipinski definition) is 3. The van der Waals surface area contributed by atoms with E-state index >= 15 is 0 Å². The third kappa shape index (κ3) is 5.89. The van der Waals surface area contributed by atoms with Gasteiger partial charge in [-0.1, -0.05) is 42.2 Å². The van der Waals surface area contributed by atoms with E-state index in [4.69, 9.17) is 15.6 Å². The van der Waals surface area contributed by atoms with Crippen LogP contribution in [0.5, 0.6) is 0 Å². The number of carbonyl (C=O) groups excluding carboxylic acids is 1. The van der Waals surface area contributed by atoms with Crippen LogP contribution in [-0.2, 0) is 14.8 Å². The SMILES string of the molecule is [B][B]c1ccccc1C(CC)C([B])NC(=O)CNS(C)(=O)=O. The molecule has 2 unspecified atom stereocenters. The van der Waals surface area contributed by atoms with Gasteiger partial charge in [0.05, 0.1) is 27.8 Å². The minimum Gasteiger partial charge on any atom is -0.360 e. The molecule has 0 heterocycles. The molecule has 1 aromatic carbocycles. The molecular formula is C13H18B3N2O3S. The third-order valence-corrected chi connectivity index (χ3v) is 3.94. The summed E-state index contributed by atoms with van der Waals surface area (Å²) in [4.78, 5) is 11.8. The molecule has 0 aliphatic heterocycles. The summed E-state index contributed by atoms with van der Waals surface area (Å²) in [7, 11) is 9.75. The van der Waals surface area contributed by atoms with Gasteiger partial charge in [0.25, 0.3) is 0 Å². The second-order valence-corrected chi connectivity index (χ2v) is 6.83. The van der Waals surface area contributed by atoms with Crippen LogP contribution in [0.3, 0.4) is 0 Å². The highest BCUT2D eigenvalue weighted by Crippen LogP contribution is 2.20. The molecule has 113 valence electrons. The van der Waals surface area contributed by atoms with Gasteiger partial charge in [0, 0.05) is 7.74 Å². The molecule has 0 saturated heterocycles. The molecule has 0 aliphatic rings. The summed E-state index contributed by atoms with van der Waals surface area (Å²) in [6.45, 7) is 1.62. The van der Waals surface area contributed by atoms with Crippen LogP contribution in [0.15, 0.2) is 24.3 Å². The van der Waals surface area contributed by atoms with Crippen molar-refractivity contribution in [2.24, 2.45) is 0 Å². The molecule has 2 N–H and O–H groups in total. The van der Waals surface area contributed by atoms with E-state index in [1.54, 1.807) is 0 Å². The van der Waals surface area contributed by atoms with E-state index in [0.717, 1.165) is 17.3 Å². The van der Waals surface area contributed by atoms with Crippen LogP contribution in [0, 0.1) is 0 Å². The van der Waals surface area contributed by atoms with Crippen molar-refractivity contribution in [1.82, 2.24) is 10.0 Å². The van der Waals surface area contributed by atoms with Crippen LogP contribution in [0.1, 0.15) is 24.8 Å². The summed E-state index contributed by atoms with van der Waals surface area (Å²) in [6, 6.07) is 7.53. The maximum Gasteiger partial charge on any atom is 0.234 e. The number of nitrogens with one attached hydrogen (secondary N) is 2. The average molecular weight is 315 g/mol. The molecule has 5 nitrogen and oxygen atoms in total. The quantitative estimate of drug-likeness (QED) is 0.589. The van der Waals surface area contributed by atoms with Crippen molar-refractivity contribution >= 4 is 44.1 Å². The van der Waals surface area contributed by atoms with Crippen molar-refractivity contribution in [2.45, 2.75) is 25.2 Å². The molecule has 0 fully saturated rings. The second kappa shape index (κ2) is 8.43. The van der Waals surface area contributed by atoms with Crippen molar-refractivity contribution in [3.8, 4) is 0 Å². The molecule has 1 rings (SSSR count). The van der Waals surface area contributed by atoms with E-state index in [1.165, 1.54) is 7.17 Å². The van der Waals surface area contributed by atoms with E-state index in [-0.39, 0.29) is 12.5 Å². The molecular weight excluding hydrogens is 297 g/mol. The smallest absolute Gasteiger partial charge is 0.234 e. The maximum atomic E-state index is 11.8. The lowest BCUT2D eigenvalue weighted by Crippen LogP contribution is -2.45. The topological polar surface area (TPSA) is 75.3 Å². The molecule has 22 heavy (non-hydrogen) atoms. The Hall–Kier alpha value is -1.21. The van der Waals surface area contributed by atoms with E-state index in [9.17, 15) is 13.2 Å². The Balaban J connectivity index is 2.76. The van der Waals surface area contributed by atoms with Gasteiger partial charge in [-0.3, -0.25) is 4.79 Å². The van der Waals surface area contributed by atoms with Crippen molar-refractivity contribution in [2.75, 3.05) is 12.8 Å².